The summed E-state index contributed by atoms with van der Waals surface area (Å²) in [6.45, 7) is 1.95. The first-order valence-electron chi connectivity index (χ1n) is 5.58. The van der Waals surface area contributed by atoms with Crippen LogP contribution in [0.2, 0.25) is 0 Å². The summed E-state index contributed by atoms with van der Waals surface area (Å²) in [5.41, 5.74) is 8.39. The SMILES string of the molecule is Cc1ccc(S(=O)Cc2ccc(O)cc2)c(N)c1. The summed E-state index contributed by atoms with van der Waals surface area (Å²) in [5.74, 6) is 0.604. The number of nitrogen functional groups attached to an aromatic ring is 1. The van der Waals surface area contributed by atoms with Crippen molar-refractivity contribution < 1.29 is 9.32 Å². The fraction of sp³-hybridized carbons (Fsp3) is 0.143. The lowest BCUT2D eigenvalue weighted by Gasteiger charge is -2.07. The van der Waals surface area contributed by atoms with E-state index in [-0.39, 0.29) is 5.75 Å². The van der Waals surface area contributed by atoms with Gasteiger partial charge in [-0.25, -0.2) is 0 Å². The van der Waals surface area contributed by atoms with Gasteiger partial charge in [0.05, 0.1) is 21.4 Å². The van der Waals surface area contributed by atoms with Crippen molar-refractivity contribution in [3.63, 3.8) is 0 Å². The third-order valence-electron chi connectivity index (χ3n) is 2.64. The fourth-order valence-electron chi connectivity index (χ4n) is 1.70. The molecule has 0 heterocycles. The number of phenolic OH excluding ortho intramolecular Hbond substituents is 1. The molecule has 0 aromatic heterocycles. The summed E-state index contributed by atoms with van der Waals surface area (Å²) in [4.78, 5) is 0.661. The standard InChI is InChI=1S/C14H15NO2S/c1-10-2-7-14(13(15)8-10)18(17)9-11-3-5-12(16)6-4-11/h2-8,16H,9,15H2,1H3. The molecule has 0 saturated carbocycles. The number of rotatable bonds is 3. The van der Waals surface area contributed by atoms with Crippen LogP contribution in [0.3, 0.4) is 0 Å². The van der Waals surface area contributed by atoms with Crippen molar-refractivity contribution in [3.05, 3.63) is 53.6 Å². The van der Waals surface area contributed by atoms with Gasteiger partial charge >= 0.3 is 0 Å². The van der Waals surface area contributed by atoms with E-state index in [1.807, 2.05) is 19.1 Å². The van der Waals surface area contributed by atoms with E-state index in [1.165, 1.54) is 0 Å². The molecule has 0 fully saturated rings. The predicted molar refractivity (Wildman–Crippen MR) is 73.8 cm³/mol. The fourth-order valence-corrected chi connectivity index (χ4v) is 2.89. The van der Waals surface area contributed by atoms with Gasteiger partial charge in [-0.05, 0) is 42.3 Å². The van der Waals surface area contributed by atoms with Gasteiger partial charge in [-0.1, -0.05) is 18.2 Å². The number of phenols is 1. The first-order chi connectivity index (χ1) is 8.56. The summed E-state index contributed by atoms with van der Waals surface area (Å²) in [6.07, 6.45) is 0. The van der Waals surface area contributed by atoms with Crippen molar-refractivity contribution in [2.45, 2.75) is 17.6 Å². The van der Waals surface area contributed by atoms with E-state index in [0.29, 0.717) is 16.3 Å². The number of aromatic hydroxyl groups is 1. The van der Waals surface area contributed by atoms with Crippen LogP contribution in [0.5, 0.6) is 5.75 Å². The van der Waals surface area contributed by atoms with Gasteiger partial charge in [0.1, 0.15) is 5.75 Å². The summed E-state index contributed by atoms with van der Waals surface area (Å²) in [6, 6.07) is 12.2. The Kier molecular flexibility index (Phi) is 3.67. The molecule has 0 bridgehead atoms. The van der Waals surface area contributed by atoms with Crippen molar-refractivity contribution in [2.75, 3.05) is 5.73 Å². The molecule has 0 saturated heterocycles. The van der Waals surface area contributed by atoms with Crippen LogP contribution in [0.1, 0.15) is 11.1 Å². The molecule has 18 heavy (non-hydrogen) atoms. The van der Waals surface area contributed by atoms with Crippen molar-refractivity contribution in [1.29, 1.82) is 0 Å². The zero-order chi connectivity index (χ0) is 13.1. The minimum Gasteiger partial charge on any atom is -0.508 e. The summed E-state index contributed by atoms with van der Waals surface area (Å²) < 4.78 is 12.2. The van der Waals surface area contributed by atoms with Crippen LogP contribution in [0, 0.1) is 6.92 Å². The maximum Gasteiger partial charge on any atom is 0.115 e. The van der Waals surface area contributed by atoms with E-state index in [9.17, 15) is 9.32 Å². The molecule has 2 rings (SSSR count). The first kappa shape index (κ1) is 12.6. The van der Waals surface area contributed by atoms with Crippen molar-refractivity contribution >= 4 is 16.5 Å². The lowest BCUT2D eigenvalue weighted by atomic mass is 10.2. The van der Waals surface area contributed by atoms with Crippen LogP contribution in [0.25, 0.3) is 0 Å². The molecule has 0 amide bonds. The first-order valence-corrected chi connectivity index (χ1v) is 6.90. The minimum absolute atomic E-state index is 0.208. The van der Waals surface area contributed by atoms with Crippen molar-refractivity contribution in [1.82, 2.24) is 0 Å². The monoisotopic (exact) mass is 261 g/mol. The van der Waals surface area contributed by atoms with E-state index in [4.69, 9.17) is 5.73 Å². The Morgan fingerprint density at radius 2 is 1.83 bits per heavy atom. The Morgan fingerprint density at radius 1 is 1.17 bits per heavy atom. The van der Waals surface area contributed by atoms with Crippen LogP contribution in [0.4, 0.5) is 5.69 Å². The highest BCUT2D eigenvalue weighted by atomic mass is 32.2. The molecular formula is C14H15NO2S. The highest BCUT2D eigenvalue weighted by Crippen LogP contribution is 2.21. The lowest BCUT2D eigenvalue weighted by Crippen LogP contribution is -2.01. The van der Waals surface area contributed by atoms with Gasteiger partial charge in [-0.3, -0.25) is 4.21 Å². The zero-order valence-electron chi connectivity index (χ0n) is 10.1. The van der Waals surface area contributed by atoms with E-state index >= 15 is 0 Å². The van der Waals surface area contributed by atoms with Gasteiger partial charge in [0, 0.05) is 5.69 Å². The normalized spacial score (nSPS) is 12.3. The van der Waals surface area contributed by atoms with Crippen LogP contribution in [-0.4, -0.2) is 9.32 Å². The topological polar surface area (TPSA) is 63.3 Å². The van der Waals surface area contributed by atoms with Crippen LogP contribution < -0.4 is 5.73 Å². The number of anilines is 1. The predicted octanol–water partition coefficient (Wildman–Crippen LogP) is 2.59. The summed E-state index contributed by atoms with van der Waals surface area (Å²) in [5, 5.41) is 9.19. The zero-order valence-corrected chi connectivity index (χ0v) is 10.9. The van der Waals surface area contributed by atoms with Crippen LogP contribution in [0.15, 0.2) is 47.4 Å². The second-order valence-corrected chi connectivity index (χ2v) is 5.62. The van der Waals surface area contributed by atoms with Crippen molar-refractivity contribution in [3.8, 4) is 5.75 Å². The van der Waals surface area contributed by atoms with E-state index in [0.717, 1.165) is 11.1 Å². The highest BCUT2D eigenvalue weighted by molar-refractivity contribution is 7.84. The lowest BCUT2D eigenvalue weighted by molar-refractivity contribution is 0.475. The van der Waals surface area contributed by atoms with Gasteiger partial charge in [0.25, 0.3) is 0 Å². The third-order valence-corrected chi connectivity index (χ3v) is 4.10. The third kappa shape index (κ3) is 2.90. The molecule has 2 aromatic carbocycles. The molecule has 0 aliphatic rings. The molecule has 3 N–H and O–H groups in total. The van der Waals surface area contributed by atoms with Gasteiger partial charge in [0.2, 0.25) is 0 Å². The summed E-state index contributed by atoms with van der Waals surface area (Å²) >= 11 is 0. The quantitative estimate of drug-likeness (QED) is 0.835. The van der Waals surface area contributed by atoms with E-state index in [1.54, 1.807) is 30.3 Å². The van der Waals surface area contributed by atoms with Gasteiger partial charge in [-0.15, -0.1) is 0 Å². The smallest absolute Gasteiger partial charge is 0.115 e. The molecule has 4 heteroatoms. The summed E-state index contributed by atoms with van der Waals surface area (Å²) in [7, 11) is -1.17. The average molecular weight is 261 g/mol. The average Bonchev–Trinajstić information content (AvgIpc) is 2.32. The van der Waals surface area contributed by atoms with Gasteiger partial charge < -0.3 is 10.8 Å². The largest absolute Gasteiger partial charge is 0.508 e. The number of aryl methyl sites for hydroxylation is 1. The molecule has 0 radical (unpaired) electrons. The minimum atomic E-state index is -1.17. The Bertz CT molecular complexity index is 579. The van der Waals surface area contributed by atoms with Crippen LogP contribution >= 0.6 is 0 Å². The van der Waals surface area contributed by atoms with Gasteiger partial charge in [0.15, 0.2) is 0 Å². The molecule has 3 nitrogen and oxygen atoms in total. The Labute approximate surface area is 109 Å². The van der Waals surface area contributed by atoms with E-state index in [2.05, 4.69) is 0 Å². The second-order valence-electron chi connectivity index (χ2n) is 4.20. The Morgan fingerprint density at radius 3 is 2.44 bits per heavy atom. The second kappa shape index (κ2) is 5.23. The Balaban J connectivity index is 2.19. The number of hydrogen-bond donors (Lipinski definition) is 2. The number of hydrogen-bond acceptors (Lipinski definition) is 3. The molecule has 1 atom stereocenters. The molecular weight excluding hydrogens is 246 g/mol. The molecule has 2 aromatic rings. The van der Waals surface area contributed by atoms with Crippen LogP contribution in [-0.2, 0) is 16.6 Å². The van der Waals surface area contributed by atoms with E-state index < -0.39 is 10.8 Å². The number of benzene rings is 2. The maximum absolute atomic E-state index is 12.2. The molecule has 0 spiro atoms. The Hall–Kier alpha value is -1.81. The number of nitrogens with two attached hydrogens (primary N) is 1. The highest BCUT2D eigenvalue weighted by Gasteiger charge is 2.09. The van der Waals surface area contributed by atoms with Gasteiger partial charge in [-0.2, -0.15) is 0 Å². The molecule has 94 valence electrons. The molecule has 0 aliphatic carbocycles. The molecule has 0 aliphatic heterocycles. The molecule has 1 unspecified atom stereocenters. The van der Waals surface area contributed by atoms with Crippen molar-refractivity contribution in [2.24, 2.45) is 0 Å². The maximum atomic E-state index is 12.2.